The van der Waals surface area contributed by atoms with Crippen LogP contribution < -0.4 is 0 Å². The highest BCUT2D eigenvalue weighted by Gasteiger charge is 2.14. The minimum atomic E-state index is -0.997. The summed E-state index contributed by atoms with van der Waals surface area (Å²) >= 11 is 0. The summed E-state index contributed by atoms with van der Waals surface area (Å²) in [5.41, 5.74) is 0. The highest BCUT2D eigenvalue weighted by Crippen LogP contribution is 2.13. The molecule has 0 rings (SSSR count). The minimum Gasteiger partial charge on any atom is -0.481 e. The summed E-state index contributed by atoms with van der Waals surface area (Å²) in [6.45, 7) is 5.07. The van der Waals surface area contributed by atoms with Crippen molar-refractivity contribution in [2.24, 2.45) is 5.92 Å². The van der Waals surface area contributed by atoms with Crippen LogP contribution in [0.25, 0.3) is 0 Å². The first-order valence-corrected chi connectivity index (χ1v) is 3.53. The Morgan fingerprint density at radius 2 is 1.67 bits per heavy atom. The van der Waals surface area contributed by atoms with Gasteiger partial charge in [0, 0.05) is 12.8 Å². The van der Waals surface area contributed by atoms with Crippen LogP contribution in [-0.2, 0) is 9.59 Å². The average Bonchev–Trinajstić information content (AvgIpc) is 1.84. The highest BCUT2D eigenvalue weighted by molar-refractivity contribution is 5.70. The molecular formula is C8H11O4. The monoisotopic (exact) mass is 171 g/mol. The highest BCUT2D eigenvalue weighted by atomic mass is 16.4. The van der Waals surface area contributed by atoms with E-state index in [4.69, 9.17) is 16.8 Å². The zero-order valence-electron chi connectivity index (χ0n) is 6.56. The van der Waals surface area contributed by atoms with E-state index in [2.05, 4.69) is 0 Å². The molecule has 0 aliphatic heterocycles. The molecule has 2 N–H and O–H groups in total. The van der Waals surface area contributed by atoms with Gasteiger partial charge in [0.05, 0.1) is 0 Å². The zero-order chi connectivity index (χ0) is 9.56. The predicted octanol–water partition coefficient (Wildman–Crippen LogP) is 0.931. The van der Waals surface area contributed by atoms with E-state index in [1.165, 1.54) is 6.08 Å². The van der Waals surface area contributed by atoms with E-state index < -0.39 is 17.9 Å². The van der Waals surface area contributed by atoms with E-state index in [1.807, 2.05) is 0 Å². The van der Waals surface area contributed by atoms with Crippen molar-refractivity contribution in [1.82, 2.24) is 0 Å². The molecule has 0 saturated heterocycles. The lowest BCUT2D eigenvalue weighted by Crippen LogP contribution is -2.11. The van der Waals surface area contributed by atoms with Crippen LogP contribution in [0, 0.1) is 12.5 Å². The molecule has 0 spiro atoms. The van der Waals surface area contributed by atoms with Crippen LogP contribution in [0.5, 0.6) is 0 Å². The smallest absolute Gasteiger partial charge is 0.303 e. The third-order valence-corrected chi connectivity index (χ3v) is 1.40. The van der Waals surface area contributed by atoms with Gasteiger partial charge in [0.2, 0.25) is 0 Å². The van der Waals surface area contributed by atoms with Crippen molar-refractivity contribution >= 4 is 11.9 Å². The summed E-state index contributed by atoms with van der Waals surface area (Å²) in [5.74, 6) is -2.39. The first-order chi connectivity index (χ1) is 5.56. The largest absolute Gasteiger partial charge is 0.481 e. The number of hydrogen-bond acceptors (Lipinski definition) is 2. The van der Waals surface area contributed by atoms with Crippen molar-refractivity contribution in [2.45, 2.75) is 19.3 Å². The molecule has 0 aromatic heterocycles. The van der Waals surface area contributed by atoms with Crippen LogP contribution >= 0.6 is 0 Å². The Morgan fingerprint density at radius 1 is 1.25 bits per heavy atom. The van der Waals surface area contributed by atoms with Gasteiger partial charge in [0.1, 0.15) is 0 Å². The van der Waals surface area contributed by atoms with Gasteiger partial charge in [-0.3, -0.25) is 9.59 Å². The minimum absolute atomic E-state index is 0.153. The SMILES string of the molecule is [CH]=CCC(CC(=O)O)CC(=O)O. The molecule has 0 amide bonds. The van der Waals surface area contributed by atoms with Crippen LogP contribution in [0.4, 0.5) is 0 Å². The van der Waals surface area contributed by atoms with Gasteiger partial charge in [-0.25, -0.2) is 0 Å². The Morgan fingerprint density at radius 3 is 1.92 bits per heavy atom. The molecule has 0 heterocycles. The molecule has 12 heavy (non-hydrogen) atoms. The summed E-state index contributed by atoms with van der Waals surface area (Å²) in [4.78, 5) is 20.4. The van der Waals surface area contributed by atoms with Crippen LogP contribution in [0.1, 0.15) is 19.3 Å². The summed E-state index contributed by atoms with van der Waals surface area (Å²) in [6.07, 6.45) is 1.30. The van der Waals surface area contributed by atoms with Crippen molar-refractivity contribution in [3.63, 3.8) is 0 Å². The molecule has 1 radical (unpaired) electrons. The third kappa shape index (κ3) is 5.46. The third-order valence-electron chi connectivity index (χ3n) is 1.40. The fourth-order valence-corrected chi connectivity index (χ4v) is 0.925. The van der Waals surface area contributed by atoms with Gasteiger partial charge in [0.15, 0.2) is 0 Å². The predicted molar refractivity (Wildman–Crippen MR) is 41.5 cm³/mol. The van der Waals surface area contributed by atoms with Gasteiger partial charge >= 0.3 is 11.9 Å². The summed E-state index contributed by atoms with van der Waals surface area (Å²) < 4.78 is 0. The number of carboxylic acid groups (broad SMARTS) is 2. The molecule has 0 bridgehead atoms. The zero-order valence-corrected chi connectivity index (χ0v) is 6.56. The number of rotatable bonds is 6. The van der Waals surface area contributed by atoms with E-state index in [0.29, 0.717) is 6.42 Å². The summed E-state index contributed by atoms with van der Waals surface area (Å²) in [6, 6.07) is 0. The van der Waals surface area contributed by atoms with Crippen molar-refractivity contribution < 1.29 is 19.8 Å². The molecule has 0 aliphatic rings. The van der Waals surface area contributed by atoms with Crippen molar-refractivity contribution in [1.29, 1.82) is 0 Å². The van der Waals surface area contributed by atoms with Crippen LogP contribution in [0.2, 0.25) is 0 Å². The summed E-state index contributed by atoms with van der Waals surface area (Å²) in [7, 11) is 0. The molecule has 0 atom stereocenters. The van der Waals surface area contributed by atoms with Crippen LogP contribution in [0.3, 0.4) is 0 Å². The lowest BCUT2D eigenvalue weighted by molar-refractivity contribution is -0.140. The molecule has 0 unspecified atom stereocenters. The van der Waals surface area contributed by atoms with Gasteiger partial charge in [-0.05, 0) is 12.3 Å². The topological polar surface area (TPSA) is 74.6 Å². The molecular weight excluding hydrogens is 160 g/mol. The second-order valence-electron chi connectivity index (χ2n) is 2.53. The number of carboxylic acids is 2. The van der Waals surface area contributed by atoms with E-state index in [9.17, 15) is 9.59 Å². The molecule has 0 aliphatic carbocycles. The average molecular weight is 171 g/mol. The molecule has 0 aromatic rings. The Bertz CT molecular complexity index is 169. The van der Waals surface area contributed by atoms with Crippen molar-refractivity contribution in [2.75, 3.05) is 0 Å². The fraction of sp³-hybridized carbons (Fsp3) is 0.500. The van der Waals surface area contributed by atoms with E-state index in [1.54, 1.807) is 0 Å². The number of carbonyl (C=O) groups is 2. The van der Waals surface area contributed by atoms with Crippen LogP contribution in [0.15, 0.2) is 6.08 Å². The Kier molecular flexibility index (Phi) is 4.76. The van der Waals surface area contributed by atoms with Gasteiger partial charge in [0.25, 0.3) is 0 Å². The standard InChI is InChI=1S/C8H11O4/c1-2-3-6(4-7(9)10)5-8(11)12/h1-2,6H,3-5H2,(H,9,10)(H,11,12). The molecule has 0 fully saturated rings. The lowest BCUT2D eigenvalue weighted by Gasteiger charge is -2.08. The number of aliphatic carboxylic acids is 2. The number of allylic oxidation sites excluding steroid dienone is 1. The maximum atomic E-state index is 10.2. The maximum Gasteiger partial charge on any atom is 0.303 e. The first kappa shape index (κ1) is 10.7. The summed E-state index contributed by atoms with van der Waals surface area (Å²) in [5, 5.41) is 16.8. The van der Waals surface area contributed by atoms with E-state index in [-0.39, 0.29) is 12.8 Å². The lowest BCUT2D eigenvalue weighted by atomic mass is 9.98. The van der Waals surface area contributed by atoms with Crippen molar-refractivity contribution in [3.05, 3.63) is 12.7 Å². The Labute approximate surface area is 70.5 Å². The van der Waals surface area contributed by atoms with Gasteiger partial charge in [-0.15, -0.1) is 0 Å². The van der Waals surface area contributed by atoms with Crippen molar-refractivity contribution in [3.8, 4) is 0 Å². The molecule has 67 valence electrons. The second kappa shape index (κ2) is 5.35. The van der Waals surface area contributed by atoms with Gasteiger partial charge < -0.3 is 10.2 Å². The van der Waals surface area contributed by atoms with E-state index >= 15 is 0 Å². The maximum absolute atomic E-state index is 10.2. The molecule has 0 aromatic carbocycles. The molecule has 4 heteroatoms. The Hall–Kier alpha value is -1.32. The quantitative estimate of drug-likeness (QED) is 0.623. The molecule has 0 saturated carbocycles. The molecule has 4 nitrogen and oxygen atoms in total. The second-order valence-corrected chi connectivity index (χ2v) is 2.53. The van der Waals surface area contributed by atoms with Gasteiger partial charge in [-0.2, -0.15) is 0 Å². The Balaban J connectivity index is 3.93. The normalized spacial score (nSPS) is 9.75. The fourth-order valence-electron chi connectivity index (χ4n) is 0.925. The van der Waals surface area contributed by atoms with Crippen LogP contribution in [-0.4, -0.2) is 22.2 Å². The van der Waals surface area contributed by atoms with E-state index in [0.717, 1.165) is 0 Å². The first-order valence-electron chi connectivity index (χ1n) is 3.53. The van der Waals surface area contributed by atoms with Gasteiger partial charge in [-0.1, -0.05) is 12.7 Å². The number of hydrogen-bond donors (Lipinski definition) is 2.